The highest BCUT2D eigenvalue weighted by molar-refractivity contribution is 5.91. The molecule has 2 aromatic heterocycles. The third-order valence-electron chi connectivity index (χ3n) is 5.07. The first kappa shape index (κ1) is 14.4. The first-order valence-corrected chi connectivity index (χ1v) is 8.05. The van der Waals surface area contributed by atoms with Crippen molar-refractivity contribution in [2.24, 2.45) is 10.4 Å². The molecule has 4 nitrogen and oxygen atoms in total. The molecule has 0 N–H and O–H groups in total. The van der Waals surface area contributed by atoms with E-state index < -0.39 is 0 Å². The van der Waals surface area contributed by atoms with E-state index in [-0.39, 0.29) is 11.0 Å². The molecular formula is C19H21N3O. The van der Waals surface area contributed by atoms with E-state index in [2.05, 4.69) is 55.0 Å². The minimum absolute atomic E-state index is 0.101. The molecule has 0 amide bonds. The van der Waals surface area contributed by atoms with Crippen molar-refractivity contribution in [1.29, 1.82) is 0 Å². The van der Waals surface area contributed by atoms with Crippen molar-refractivity contribution >= 4 is 5.90 Å². The van der Waals surface area contributed by atoms with Crippen molar-refractivity contribution in [3.05, 3.63) is 60.2 Å². The Morgan fingerprint density at radius 1 is 0.870 bits per heavy atom. The molecule has 1 aliphatic heterocycles. The molecule has 4 heteroatoms. The third-order valence-corrected chi connectivity index (χ3v) is 5.07. The summed E-state index contributed by atoms with van der Waals surface area (Å²) in [7, 11) is 0. The first-order chi connectivity index (χ1) is 11.0. The fourth-order valence-electron chi connectivity index (χ4n) is 3.86. The number of ether oxygens (including phenoxy) is 1. The highest BCUT2D eigenvalue weighted by Crippen LogP contribution is 2.71. The minimum Gasteiger partial charge on any atom is -0.478 e. The maximum Gasteiger partial charge on any atom is 0.191 e. The fraction of sp³-hybridized carbons (Fsp3) is 0.421. The molecule has 2 aliphatic rings. The van der Waals surface area contributed by atoms with Crippen LogP contribution in [0.3, 0.4) is 0 Å². The van der Waals surface area contributed by atoms with Crippen molar-refractivity contribution in [2.45, 2.75) is 38.1 Å². The normalized spacial score (nSPS) is 31.3. The largest absolute Gasteiger partial charge is 0.478 e. The molecule has 0 unspecified atom stereocenters. The van der Waals surface area contributed by atoms with E-state index in [9.17, 15) is 0 Å². The van der Waals surface area contributed by atoms with E-state index >= 15 is 0 Å². The van der Waals surface area contributed by atoms with Crippen LogP contribution < -0.4 is 0 Å². The predicted octanol–water partition coefficient (Wildman–Crippen LogP) is 3.57. The summed E-state index contributed by atoms with van der Waals surface area (Å²) in [6.45, 7) is 7.16. The Bertz CT molecular complexity index is 694. The smallest absolute Gasteiger partial charge is 0.191 e. The van der Waals surface area contributed by atoms with E-state index in [0.29, 0.717) is 18.4 Å². The summed E-state index contributed by atoms with van der Waals surface area (Å²) in [6.07, 6.45) is 7.44. The lowest BCUT2D eigenvalue weighted by molar-refractivity contribution is 0.263. The maximum absolute atomic E-state index is 6.02. The van der Waals surface area contributed by atoms with Crippen LogP contribution in [0.1, 0.15) is 43.7 Å². The first-order valence-electron chi connectivity index (χ1n) is 8.05. The molecule has 2 atom stereocenters. The number of rotatable bonds is 3. The zero-order valence-electron chi connectivity index (χ0n) is 13.7. The van der Waals surface area contributed by atoms with E-state index in [1.807, 2.05) is 24.8 Å². The molecule has 0 spiro atoms. The molecule has 118 valence electrons. The second-order valence-corrected chi connectivity index (χ2v) is 7.32. The SMILES string of the molecule is CC1(C)COC(C2(C)[C@@H](c3ccncc3)[C@@H]2c2ccncc2)=N1. The Balaban J connectivity index is 1.77. The van der Waals surface area contributed by atoms with Gasteiger partial charge in [0.15, 0.2) is 5.90 Å². The number of hydrogen-bond donors (Lipinski definition) is 0. The maximum atomic E-state index is 6.02. The van der Waals surface area contributed by atoms with Gasteiger partial charge in [0.2, 0.25) is 0 Å². The summed E-state index contributed by atoms with van der Waals surface area (Å²) < 4.78 is 6.02. The predicted molar refractivity (Wildman–Crippen MR) is 89.5 cm³/mol. The lowest BCUT2D eigenvalue weighted by atomic mass is 10.00. The summed E-state index contributed by atoms with van der Waals surface area (Å²) in [6, 6.07) is 8.41. The van der Waals surface area contributed by atoms with Gasteiger partial charge >= 0.3 is 0 Å². The van der Waals surface area contributed by atoms with E-state index in [0.717, 1.165) is 5.90 Å². The van der Waals surface area contributed by atoms with Gasteiger partial charge in [0.1, 0.15) is 6.61 Å². The van der Waals surface area contributed by atoms with Crippen molar-refractivity contribution < 1.29 is 4.74 Å². The Labute approximate surface area is 136 Å². The number of aromatic nitrogens is 2. The van der Waals surface area contributed by atoms with Gasteiger partial charge in [-0.15, -0.1) is 0 Å². The van der Waals surface area contributed by atoms with E-state index in [1.165, 1.54) is 11.1 Å². The topological polar surface area (TPSA) is 47.4 Å². The summed E-state index contributed by atoms with van der Waals surface area (Å²) in [5, 5.41) is 0. The monoisotopic (exact) mass is 307 g/mol. The van der Waals surface area contributed by atoms with Gasteiger partial charge in [-0.2, -0.15) is 0 Å². The molecule has 4 rings (SSSR count). The lowest BCUT2D eigenvalue weighted by Crippen LogP contribution is -2.17. The van der Waals surface area contributed by atoms with Crippen LogP contribution in [-0.4, -0.2) is 28.0 Å². The fourth-order valence-corrected chi connectivity index (χ4v) is 3.86. The van der Waals surface area contributed by atoms with Crippen molar-refractivity contribution in [2.75, 3.05) is 6.61 Å². The second-order valence-electron chi connectivity index (χ2n) is 7.32. The van der Waals surface area contributed by atoms with Gasteiger partial charge in [-0.1, -0.05) is 0 Å². The zero-order valence-corrected chi connectivity index (χ0v) is 13.7. The number of hydrogen-bond acceptors (Lipinski definition) is 4. The van der Waals surface area contributed by atoms with Gasteiger partial charge in [0.25, 0.3) is 0 Å². The van der Waals surface area contributed by atoms with Gasteiger partial charge < -0.3 is 4.74 Å². The summed E-state index contributed by atoms with van der Waals surface area (Å²) in [5.41, 5.74) is 2.35. The molecule has 0 saturated heterocycles. The molecule has 23 heavy (non-hydrogen) atoms. The average molecular weight is 307 g/mol. The Hall–Kier alpha value is -2.23. The molecule has 1 saturated carbocycles. The van der Waals surface area contributed by atoms with Gasteiger partial charge in [-0.05, 0) is 56.2 Å². The van der Waals surface area contributed by atoms with Crippen LogP contribution in [0, 0.1) is 5.41 Å². The van der Waals surface area contributed by atoms with Crippen LogP contribution in [-0.2, 0) is 4.74 Å². The van der Waals surface area contributed by atoms with Crippen molar-refractivity contribution in [3.8, 4) is 0 Å². The number of nitrogens with zero attached hydrogens (tertiary/aromatic N) is 3. The third kappa shape index (κ3) is 2.24. The Morgan fingerprint density at radius 3 is 1.74 bits per heavy atom. The molecule has 0 bridgehead atoms. The van der Waals surface area contributed by atoms with E-state index in [1.54, 1.807) is 0 Å². The quantitative estimate of drug-likeness (QED) is 0.871. The van der Waals surface area contributed by atoms with Gasteiger partial charge in [-0.3, -0.25) is 9.97 Å². The molecule has 2 aromatic rings. The summed E-state index contributed by atoms with van der Waals surface area (Å²) in [4.78, 5) is 13.2. The highest BCUT2D eigenvalue weighted by atomic mass is 16.5. The van der Waals surface area contributed by atoms with Crippen molar-refractivity contribution in [1.82, 2.24) is 9.97 Å². The van der Waals surface area contributed by atoms with Crippen LogP contribution in [0.4, 0.5) is 0 Å². The van der Waals surface area contributed by atoms with Crippen LogP contribution in [0.15, 0.2) is 54.0 Å². The Kier molecular flexibility index (Phi) is 3.05. The van der Waals surface area contributed by atoms with Crippen molar-refractivity contribution in [3.63, 3.8) is 0 Å². The second kappa shape index (κ2) is 4.88. The molecule has 1 aliphatic carbocycles. The average Bonchev–Trinajstić information content (AvgIpc) is 3.03. The number of aliphatic imine (C=N–C) groups is 1. The molecule has 0 radical (unpaired) electrons. The standard InChI is InChI=1S/C19H21N3O/c1-18(2)12-23-17(22-18)19(3)15(13-4-8-20-9-5-13)16(19)14-6-10-21-11-7-14/h4-11,15-16H,12H2,1-3H3/t15-,16-/m0/s1. The summed E-state index contributed by atoms with van der Waals surface area (Å²) >= 11 is 0. The van der Waals surface area contributed by atoms with Crippen LogP contribution in [0.25, 0.3) is 0 Å². The highest BCUT2D eigenvalue weighted by Gasteiger charge is 2.67. The molecule has 0 aromatic carbocycles. The number of pyridine rings is 2. The molecule has 1 fully saturated rings. The van der Waals surface area contributed by atoms with Crippen LogP contribution in [0.5, 0.6) is 0 Å². The van der Waals surface area contributed by atoms with E-state index in [4.69, 9.17) is 9.73 Å². The van der Waals surface area contributed by atoms with Gasteiger partial charge in [0.05, 0.1) is 11.0 Å². The van der Waals surface area contributed by atoms with Crippen LogP contribution >= 0.6 is 0 Å². The zero-order chi connectivity index (χ0) is 16.1. The van der Waals surface area contributed by atoms with Gasteiger partial charge in [0, 0.05) is 36.6 Å². The minimum atomic E-state index is -0.132. The Morgan fingerprint density at radius 2 is 1.35 bits per heavy atom. The summed E-state index contributed by atoms with van der Waals surface area (Å²) in [5.74, 6) is 1.62. The van der Waals surface area contributed by atoms with Gasteiger partial charge in [-0.25, -0.2) is 4.99 Å². The van der Waals surface area contributed by atoms with Crippen LogP contribution in [0.2, 0.25) is 0 Å². The molecular weight excluding hydrogens is 286 g/mol. The molecule has 3 heterocycles. The lowest BCUT2D eigenvalue weighted by Gasteiger charge is -2.12.